The van der Waals surface area contributed by atoms with E-state index in [0.717, 1.165) is 0 Å². The summed E-state index contributed by atoms with van der Waals surface area (Å²) >= 11 is 6.32. The highest BCUT2D eigenvalue weighted by Gasteiger charge is 2.33. The molecule has 1 aromatic carbocycles. The van der Waals surface area contributed by atoms with Crippen LogP contribution in [0.1, 0.15) is 27.7 Å². The molecule has 2 aliphatic rings. The van der Waals surface area contributed by atoms with Gasteiger partial charge in [-0.3, -0.25) is 9.59 Å². The molecule has 14 heteroatoms. The maximum Gasteiger partial charge on any atom is 0.255 e. The highest BCUT2D eigenvalue weighted by molar-refractivity contribution is 6.33. The van der Waals surface area contributed by atoms with E-state index in [0.29, 0.717) is 17.3 Å². The Kier molecular flexibility index (Phi) is 7.75. The number of allylic oxidation sites excluding steroid dienone is 1. The van der Waals surface area contributed by atoms with E-state index in [2.05, 4.69) is 31.1 Å². The molecule has 0 unspecified atom stereocenters. The van der Waals surface area contributed by atoms with Gasteiger partial charge in [0.25, 0.3) is 5.91 Å². The molecule has 1 atom stereocenters. The van der Waals surface area contributed by atoms with Gasteiger partial charge in [0.2, 0.25) is 17.7 Å². The lowest BCUT2D eigenvalue weighted by Gasteiger charge is -2.19. The third kappa shape index (κ3) is 5.65. The molecule has 0 aliphatic carbocycles. The Bertz CT molecular complexity index is 1530. The third-order valence-corrected chi connectivity index (χ3v) is 6.37. The Hall–Kier alpha value is -4.75. The number of hydrogen-bond acceptors (Lipinski definition) is 10. The molecule has 5 rings (SSSR count). The van der Waals surface area contributed by atoms with Gasteiger partial charge in [-0.15, -0.1) is 0 Å². The Morgan fingerprint density at radius 3 is 2.95 bits per heavy atom. The van der Waals surface area contributed by atoms with Crippen LogP contribution in [-0.2, 0) is 16.2 Å². The molecule has 2 aromatic heterocycles. The predicted octanol–water partition coefficient (Wildman–Crippen LogP) is 2.45. The van der Waals surface area contributed by atoms with Crippen molar-refractivity contribution >= 4 is 29.4 Å². The minimum Gasteiger partial charge on any atom is -0.481 e. The maximum atomic E-state index is 15.2. The standard InChI is InChI=1S/C26H23ClFN7O5/c1-39-23-4-2-3-20(33-23)21(13-36)32-22(37)12-35-11-17-16(25(35)38)7-14(8-19(17)28)24-18(27)10-29-26(34-24)31-15-5-6-40-30-9-15/h2-10,21,30,36H,11-13H2,1H3,(H,32,37)(H,29,31,34)/t21-/m1/s1. The molecule has 0 saturated heterocycles. The van der Waals surface area contributed by atoms with E-state index in [1.165, 1.54) is 36.6 Å². The number of aliphatic hydroxyl groups is 1. The minimum absolute atomic E-state index is 0.0967. The lowest BCUT2D eigenvalue weighted by Crippen LogP contribution is -2.40. The van der Waals surface area contributed by atoms with Gasteiger partial charge >= 0.3 is 0 Å². The van der Waals surface area contributed by atoms with E-state index in [4.69, 9.17) is 21.2 Å². The fourth-order valence-electron chi connectivity index (χ4n) is 4.18. The first-order valence-corrected chi connectivity index (χ1v) is 12.3. The summed E-state index contributed by atoms with van der Waals surface area (Å²) in [5.41, 5.74) is 4.29. The first-order chi connectivity index (χ1) is 19.4. The summed E-state index contributed by atoms with van der Waals surface area (Å²) in [5, 5.41) is 15.6. The van der Waals surface area contributed by atoms with Crippen molar-refractivity contribution in [3.8, 4) is 17.1 Å². The average Bonchev–Trinajstić information content (AvgIpc) is 3.28. The number of carbonyl (C=O) groups excluding carboxylic acids is 2. The number of benzene rings is 1. The number of hydrogen-bond donors (Lipinski definition) is 4. The van der Waals surface area contributed by atoms with Crippen LogP contribution in [0.3, 0.4) is 0 Å². The van der Waals surface area contributed by atoms with Crippen molar-refractivity contribution in [3.63, 3.8) is 0 Å². The first-order valence-electron chi connectivity index (χ1n) is 12.0. The van der Waals surface area contributed by atoms with Gasteiger partial charge in [0, 0.05) is 28.8 Å². The van der Waals surface area contributed by atoms with E-state index < -0.39 is 30.3 Å². The van der Waals surface area contributed by atoms with Crippen molar-refractivity contribution < 1.29 is 28.7 Å². The van der Waals surface area contributed by atoms with Crippen molar-refractivity contribution in [2.75, 3.05) is 25.6 Å². The molecule has 206 valence electrons. The van der Waals surface area contributed by atoms with Crippen LogP contribution in [-0.4, -0.2) is 57.0 Å². The van der Waals surface area contributed by atoms with Crippen LogP contribution in [0, 0.1) is 5.82 Å². The minimum atomic E-state index is -0.822. The van der Waals surface area contributed by atoms with Gasteiger partial charge in [-0.25, -0.2) is 24.8 Å². The van der Waals surface area contributed by atoms with Crippen molar-refractivity contribution in [1.82, 2.24) is 30.6 Å². The monoisotopic (exact) mass is 567 g/mol. The number of pyridine rings is 1. The SMILES string of the molecule is COc1cccc([C@@H](CO)NC(=O)CN2Cc3c(F)cc(-c4nc(NC5=CNOC=C5)ncc4Cl)cc3C2=O)n1. The molecule has 2 aliphatic heterocycles. The molecule has 2 amide bonds. The lowest BCUT2D eigenvalue weighted by atomic mass is 10.0. The molecular formula is C26H23ClFN7O5. The van der Waals surface area contributed by atoms with E-state index in [-0.39, 0.29) is 46.4 Å². The molecular weight excluding hydrogens is 545 g/mol. The van der Waals surface area contributed by atoms with Gasteiger partial charge in [-0.1, -0.05) is 17.7 Å². The summed E-state index contributed by atoms with van der Waals surface area (Å²) in [6, 6.07) is 6.84. The number of aliphatic hydroxyl groups excluding tert-OH is 1. The molecule has 3 aromatic rings. The fourth-order valence-corrected chi connectivity index (χ4v) is 4.38. The number of hydroxylamine groups is 1. The highest BCUT2D eigenvalue weighted by atomic mass is 35.5. The number of amides is 2. The van der Waals surface area contributed by atoms with Gasteiger partial charge in [0.05, 0.1) is 60.8 Å². The molecule has 4 N–H and O–H groups in total. The van der Waals surface area contributed by atoms with Gasteiger partial charge in [0.1, 0.15) is 18.6 Å². The van der Waals surface area contributed by atoms with Crippen LogP contribution < -0.4 is 20.9 Å². The maximum absolute atomic E-state index is 15.2. The van der Waals surface area contributed by atoms with E-state index >= 15 is 4.39 Å². The van der Waals surface area contributed by atoms with Crippen LogP contribution >= 0.6 is 11.6 Å². The highest BCUT2D eigenvalue weighted by Crippen LogP contribution is 2.33. The molecule has 4 heterocycles. The van der Waals surface area contributed by atoms with Gasteiger partial charge < -0.3 is 30.2 Å². The number of rotatable bonds is 9. The summed E-state index contributed by atoms with van der Waals surface area (Å²) in [7, 11) is 1.45. The number of methoxy groups -OCH3 is 1. The zero-order valence-electron chi connectivity index (χ0n) is 21.0. The summed E-state index contributed by atoms with van der Waals surface area (Å²) < 4.78 is 20.3. The third-order valence-electron chi connectivity index (χ3n) is 6.10. The Morgan fingerprint density at radius 2 is 2.20 bits per heavy atom. The number of carbonyl (C=O) groups is 2. The normalized spacial score (nSPS) is 14.6. The van der Waals surface area contributed by atoms with Crippen molar-refractivity contribution in [2.45, 2.75) is 12.6 Å². The number of aromatic nitrogens is 3. The molecule has 0 bridgehead atoms. The van der Waals surface area contributed by atoms with Crippen molar-refractivity contribution in [1.29, 1.82) is 0 Å². The Labute approximate surface area is 232 Å². The summed E-state index contributed by atoms with van der Waals surface area (Å²) in [5.74, 6) is -1.21. The second kappa shape index (κ2) is 11.6. The average molecular weight is 568 g/mol. The van der Waals surface area contributed by atoms with Crippen LogP contribution in [0.25, 0.3) is 11.3 Å². The summed E-state index contributed by atoms with van der Waals surface area (Å²) in [6.45, 7) is -0.882. The zero-order valence-corrected chi connectivity index (χ0v) is 21.8. The number of nitrogens with zero attached hydrogens (tertiary/aromatic N) is 4. The second-order valence-electron chi connectivity index (χ2n) is 8.71. The molecule has 0 fully saturated rings. The summed E-state index contributed by atoms with van der Waals surface area (Å²) in [4.78, 5) is 44.8. The van der Waals surface area contributed by atoms with Crippen LogP contribution in [0.5, 0.6) is 5.88 Å². The largest absolute Gasteiger partial charge is 0.481 e. The number of nitrogens with one attached hydrogen (secondary N) is 3. The van der Waals surface area contributed by atoms with Crippen molar-refractivity contribution in [2.24, 2.45) is 0 Å². The lowest BCUT2D eigenvalue weighted by molar-refractivity contribution is -0.123. The first kappa shape index (κ1) is 26.8. The quantitative estimate of drug-likeness (QED) is 0.303. The van der Waals surface area contributed by atoms with Crippen LogP contribution in [0.4, 0.5) is 10.3 Å². The summed E-state index contributed by atoms with van der Waals surface area (Å²) in [6.07, 6.45) is 5.97. The molecule has 12 nitrogen and oxygen atoms in total. The smallest absolute Gasteiger partial charge is 0.255 e. The van der Waals surface area contributed by atoms with Gasteiger partial charge in [-0.2, -0.15) is 0 Å². The number of ether oxygens (including phenoxy) is 1. The fraction of sp³-hybridized carbons (Fsp3) is 0.192. The molecule has 0 radical (unpaired) electrons. The van der Waals surface area contributed by atoms with Crippen molar-refractivity contribution in [3.05, 3.63) is 88.4 Å². The molecule has 0 spiro atoms. The van der Waals surface area contributed by atoms with E-state index in [1.807, 2.05) is 0 Å². The topological polar surface area (TPSA) is 151 Å². The Balaban J connectivity index is 1.32. The number of anilines is 1. The zero-order chi connectivity index (χ0) is 28.2. The van der Waals surface area contributed by atoms with E-state index in [1.54, 1.807) is 30.5 Å². The number of halogens is 2. The van der Waals surface area contributed by atoms with Gasteiger partial charge in [0.15, 0.2) is 0 Å². The molecule has 40 heavy (non-hydrogen) atoms. The van der Waals surface area contributed by atoms with Gasteiger partial charge in [-0.05, 0) is 18.2 Å². The van der Waals surface area contributed by atoms with E-state index in [9.17, 15) is 14.7 Å². The number of fused-ring (bicyclic) bond motifs is 1. The molecule has 0 saturated carbocycles. The second-order valence-corrected chi connectivity index (χ2v) is 9.11. The van der Waals surface area contributed by atoms with Crippen LogP contribution in [0.15, 0.2) is 60.8 Å². The van der Waals surface area contributed by atoms with Crippen LogP contribution in [0.2, 0.25) is 5.02 Å². The predicted molar refractivity (Wildman–Crippen MR) is 141 cm³/mol. The Morgan fingerprint density at radius 1 is 1.35 bits per heavy atom.